The summed E-state index contributed by atoms with van der Waals surface area (Å²) >= 11 is 7.67. The summed E-state index contributed by atoms with van der Waals surface area (Å²) in [6.45, 7) is 0. The average molecular weight is 333 g/mol. The molecule has 112 valence electrons. The number of imidazole rings is 1. The zero-order valence-corrected chi connectivity index (χ0v) is 12.9. The third-order valence-corrected chi connectivity index (χ3v) is 5.28. The molecule has 4 rings (SSSR count). The quantitative estimate of drug-likeness (QED) is 0.713. The number of aromatic nitrogens is 2. The fourth-order valence-electron chi connectivity index (χ4n) is 2.76. The Bertz CT molecular complexity index is 865. The first-order valence-electron chi connectivity index (χ1n) is 6.68. The maximum atomic E-state index is 11.2. The van der Waals surface area contributed by atoms with Crippen molar-refractivity contribution < 1.29 is 5.21 Å². The van der Waals surface area contributed by atoms with Gasteiger partial charge in [0.25, 0.3) is 0 Å². The van der Waals surface area contributed by atoms with E-state index in [1.807, 2.05) is 30.3 Å². The van der Waals surface area contributed by atoms with Crippen LogP contribution in [-0.2, 0) is 5.75 Å². The van der Waals surface area contributed by atoms with Crippen LogP contribution >= 0.6 is 23.4 Å². The van der Waals surface area contributed by atoms with E-state index in [9.17, 15) is 5.21 Å². The highest BCUT2D eigenvalue weighted by atomic mass is 35.5. The largest absolute Gasteiger partial charge is 0.733 e. The molecular weight excluding hydrogens is 322 g/mol. The van der Waals surface area contributed by atoms with Crippen LogP contribution in [0.4, 0.5) is 5.69 Å². The Morgan fingerprint density at radius 2 is 2.14 bits per heavy atom. The van der Waals surface area contributed by atoms with E-state index in [4.69, 9.17) is 16.8 Å². The summed E-state index contributed by atoms with van der Waals surface area (Å²) in [5, 5.41) is 20.4. The molecular formula is C15H11ClN3O2S-. The number of benzene rings is 2. The van der Waals surface area contributed by atoms with Gasteiger partial charge < -0.3 is 15.0 Å². The van der Waals surface area contributed by atoms with Gasteiger partial charge in [0.05, 0.1) is 27.5 Å². The fourth-order valence-corrected chi connectivity index (χ4v) is 4.18. The van der Waals surface area contributed by atoms with Gasteiger partial charge in [-0.15, -0.1) is 11.8 Å². The van der Waals surface area contributed by atoms with Crippen LogP contribution in [0.25, 0.3) is 11.0 Å². The second-order valence-electron chi connectivity index (χ2n) is 5.03. The van der Waals surface area contributed by atoms with Crippen molar-refractivity contribution >= 4 is 40.1 Å². The number of nitrogens with zero attached hydrogens (tertiary/aromatic N) is 3. The number of fused-ring (bicyclic) bond motifs is 3. The monoisotopic (exact) mass is 332 g/mol. The third-order valence-electron chi connectivity index (χ3n) is 3.74. The molecule has 0 spiro atoms. The van der Waals surface area contributed by atoms with Crippen LogP contribution < -0.4 is 5.23 Å². The summed E-state index contributed by atoms with van der Waals surface area (Å²) in [4.78, 5) is 4.64. The zero-order chi connectivity index (χ0) is 15.3. The number of para-hydroxylation sites is 2. The molecule has 5 nitrogen and oxygen atoms in total. The normalized spacial score (nSPS) is 17.0. The van der Waals surface area contributed by atoms with Crippen molar-refractivity contribution in [2.75, 3.05) is 5.23 Å². The minimum atomic E-state index is -0.196. The number of hydrogen-bond donors (Lipinski definition) is 1. The van der Waals surface area contributed by atoms with Crippen LogP contribution in [0.1, 0.15) is 16.8 Å². The van der Waals surface area contributed by atoms with Crippen LogP contribution in [0, 0.1) is 5.21 Å². The summed E-state index contributed by atoms with van der Waals surface area (Å²) in [5.41, 5.74) is 2.98. The maximum Gasteiger partial charge on any atom is 0.121 e. The van der Waals surface area contributed by atoms with E-state index in [1.165, 1.54) is 0 Å². The lowest BCUT2D eigenvalue weighted by molar-refractivity contribution is 0.296. The van der Waals surface area contributed by atoms with Gasteiger partial charge in [0.15, 0.2) is 0 Å². The molecule has 7 heteroatoms. The minimum absolute atomic E-state index is 0.0124. The smallest absolute Gasteiger partial charge is 0.121 e. The Labute approximate surface area is 135 Å². The van der Waals surface area contributed by atoms with Gasteiger partial charge in [-0.25, -0.2) is 4.98 Å². The van der Waals surface area contributed by atoms with Crippen molar-refractivity contribution in [1.29, 1.82) is 0 Å². The molecule has 0 radical (unpaired) electrons. The summed E-state index contributed by atoms with van der Waals surface area (Å²) in [6, 6.07) is 13.1. The molecule has 0 fully saturated rings. The molecule has 1 aliphatic rings. The highest BCUT2D eigenvalue weighted by Crippen LogP contribution is 2.44. The standard InChI is InChI=1S/C15H11ClN3O2S/c16-10-6-5-9(7-13(10)19(20)21)15-18-12-4-2-1-3-11(12)17-14(18)8-22-15/h1-7,15,20H,8H2/q-1. The number of halogens is 1. The zero-order valence-electron chi connectivity index (χ0n) is 11.3. The average Bonchev–Trinajstić information content (AvgIpc) is 3.06. The van der Waals surface area contributed by atoms with Crippen LogP contribution in [0.3, 0.4) is 0 Å². The Kier molecular flexibility index (Phi) is 3.27. The topological polar surface area (TPSA) is 64.3 Å². The van der Waals surface area contributed by atoms with Crippen LogP contribution in [0.5, 0.6) is 0 Å². The molecule has 0 amide bonds. The van der Waals surface area contributed by atoms with Crippen LogP contribution in [-0.4, -0.2) is 14.8 Å². The van der Waals surface area contributed by atoms with E-state index in [-0.39, 0.29) is 21.3 Å². The number of hydrogen-bond acceptors (Lipinski definition) is 5. The third kappa shape index (κ3) is 2.07. The van der Waals surface area contributed by atoms with Crippen molar-refractivity contribution in [2.24, 2.45) is 0 Å². The lowest BCUT2D eigenvalue weighted by Crippen LogP contribution is -2.09. The predicted octanol–water partition coefficient (Wildman–Crippen LogP) is 4.18. The molecule has 22 heavy (non-hydrogen) atoms. The van der Waals surface area contributed by atoms with Crippen molar-refractivity contribution in [3.05, 3.63) is 64.1 Å². The number of anilines is 1. The molecule has 2 aromatic carbocycles. The van der Waals surface area contributed by atoms with Gasteiger partial charge in [0, 0.05) is 0 Å². The molecule has 3 aromatic rings. The van der Waals surface area contributed by atoms with E-state index < -0.39 is 0 Å². The molecule has 1 N–H and O–H groups in total. The maximum absolute atomic E-state index is 11.2. The van der Waals surface area contributed by atoms with E-state index in [0.717, 1.165) is 28.2 Å². The Balaban J connectivity index is 1.85. The van der Waals surface area contributed by atoms with Crippen molar-refractivity contribution in [2.45, 2.75) is 11.1 Å². The molecule has 0 aliphatic carbocycles. The fraction of sp³-hybridized carbons (Fsp3) is 0.133. The van der Waals surface area contributed by atoms with Gasteiger partial charge in [-0.2, -0.15) is 0 Å². The Morgan fingerprint density at radius 3 is 2.95 bits per heavy atom. The van der Waals surface area contributed by atoms with Crippen LogP contribution in [0.2, 0.25) is 5.02 Å². The lowest BCUT2D eigenvalue weighted by atomic mass is 10.2. The molecule has 1 atom stereocenters. The van der Waals surface area contributed by atoms with Gasteiger partial charge in [-0.3, -0.25) is 5.21 Å². The van der Waals surface area contributed by atoms with Crippen molar-refractivity contribution in [3.8, 4) is 0 Å². The van der Waals surface area contributed by atoms with E-state index in [0.29, 0.717) is 0 Å². The van der Waals surface area contributed by atoms with E-state index >= 15 is 0 Å². The van der Waals surface area contributed by atoms with Crippen molar-refractivity contribution in [3.63, 3.8) is 0 Å². The lowest BCUT2D eigenvalue weighted by Gasteiger charge is -2.24. The second kappa shape index (κ2) is 5.17. The minimum Gasteiger partial charge on any atom is -0.733 e. The summed E-state index contributed by atoms with van der Waals surface area (Å²) in [6.07, 6.45) is 0. The predicted molar refractivity (Wildman–Crippen MR) is 88.3 cm³/mol. The van der Waals surface area contributed by atoms with Crippen molar-refractivity contribution in [1.82, 2.24) is 9.55 Å². The van der Waals surface area contributed by atoms with E-state index in [1.54, 1.807) is 23.9 Å². The first-order valence-corrected chi connectivity index (χ1v) is 8.11. The van der Waals surface area contributed by atoms with Gasteiger partial charge >= 0.3 is 0 Å². The SMILES string of the molecule is [O-]N(O)c1cc(C2SCc3nc4ccccc4n32)ccc1Cl. The Hall–Kier alpha value is -1.73. The number of rotatable bonds is 2. The van der Waals surface area contributed by atoms with E-state index in [2.05, 4.69) is 9.55 Å². The summed E-state index contributed by atoms with van der Waals surface area (Å²) < 4.78 is 2.17. The van der Waals surface area contributed by atoms with Crippen LogP contribution in [0.15, 0.2) is 42.5 Å². The Morgan fingerprint density at radius 1 is 1.32 bits per heavy atom. The summed E-state index contributed by atoms with van der Waals surface area (Å²) in [5.74, 6) is 1.81. The second-order valence-corrected chi connectivity index (χ2v) is 6.51. The molecule has 1 unspecified atom stereocenters. The molecule has 0 bridgehead atoms. The van der Waals surface area contributed by atoms with Gasteiger partial charge in [0.1, 0.15) is 11.2 Å². The molecule has 2 heterocycles. The molecule has 1 aliphatic heterocycles. The molecule has 0 saturated heterocycles. The first-order chi connectivity index (χ1) is 10.6. The van der Waals surface area contributed by atoms with Gasteiger partial charge in [-0.1, -0.05) is 29.8 Å². The molecule has 1 aromatic heterocycles. The number of thioether (sulfide) groups is 1. The van der Waals surface area contributed by atoms with Gasteiger partial charge in [-0.05, 0) is 29.8 Å². The molecule has 0 saturated carbocycles. The summed E-state index contributed by atoms with van der Waals surface area (Å²) in [7, 11) is 0. The highest BCUT2D eigenvalue weighted by Gasteiger charge is 2.28. The highest BCUT2D eigenvalue weighted by molar-refractivity contribution is 7.99. The van der Waals surface area contributed by atoms with Gasteiger partial charge in [0.2, 0.25) is 0 Å². The first kappa shape index (κ1) is 13.9.